The smallest absolute Gasteiger partial charge is 0.169 e. The topological polar surface area (TPSA) is 17.1 Å². The number of rotatable bonds is 3. The quantitative estimate of drug-likeness (QED) is 0.589. The Bertz CT molecular complexity index is 301. The van der Waals surface area contributed by atoms with E-state index in [-0.39, 0.29) is 5.78 Å². The second-order valence-electron chi connectivity index (χ2n) is 2.31. The lowest BCUT2D eigenvalue weighted by Gasteiger charge is -1.83. The van der Waals surface area contributed by atoms with Crippen LogP contribution in [0.3, 0.4) is 0 Å². The molecule has 0 unspecified atom stereocenters. The Morgan fingerprint density at radius 1 is 1.67 bits per heavy atom. The molecule has 0 fully saturated rings. The van der Waals surface area contributed by atoms with Crippen molar-refractivity contribution in [2.75, 3.05) is 5.33 Å². The number of carbonyl (C=O) groups excluding carboxylic acids is 1. The Morgan fingerprint density at radius 2 is 2.42 bits per heavy atom. The van der Waals surface area contributed by atoms with Crippen molar-refractivity contribution in [2.24, 2.45) is 0 Å². The maximum atomic E-state index is 10.9. The minimum atomic E-state index is 0.137. The number of ketones is 1. The largest absolute Gasteiger partial charge is 0.294 e. The molecule has 0 aromatic carbocycles. The second kappa shape index (κ2) is 4.58. The van der Waals surface area contributed by atoms with Gasteiger partial charge < -0.3 is 0 Å². The molecule has 1 rings (SSSR count). The van der Waals surface area contributed by atoms with Crippen molar-refractivity contribution in [2.45, 2.75) is 6.92 Å². The maximum absolute atomic E-state index is 10.9. The van der Waals surface area contributed by atoms with Gasteiger partial charge in [0.05, 0.1) is 4.88 Å². The second-order valence-corrected chi connectivity index (χ2v) is 4.08. The van der Waals surface area contributed by atoms with Crippen molar-refractivity contribution >= 4 is 39.1 Å². The summed E-state index contributed by atoms with van der Waals surface area (Å²) in [5.74, 6) is 0.137. The molecule has 1 heterocycles. The van der Waals surface area contributed by atoms with E-state index in [1.165, 1.54) is 11.3 Å². The van der Waals surface area contributed by atoms with Crippen LogP contribution in [0.4, 0.5) is 0 Å². The van der Waals surface area contributed by atoms with Gasteiger partial charge in [-0.3, -0.25) is 4.79 Å². The number of allylic oxidation sites excluding steroid dienone is 1. The average Bonchev–Trinajstić information content (AvgIpc) is 2.48. The van der Waals surface area contributed by atoms with E-state index in [0.717, 1.165) is 15.1 Å². The van der Waals surface area contributed by atoms with Gasteiger partial charge in [-0.25, -0.2) is 0 Å². The minimum Gasteiger partial charge on any atom is -0.294 e. The number of Topliss-reactive ketones (excluding diaryl/α,β-unsaturated/α-hetero) is 1. The Labute approximate surface area is 84.2 Å². The predicted molar refractivity (Wildman–Crippen MR) is 57.2 cm³/mol. The normalized spacial score (nSPS) is 10.8. The molecule has 0 aliphatic carbocycles. The first-order valence-electron chi connectivity index (χ1n) is 3.57. The zero-order valence-electron chi connectivity index (χ0n) is 6.71. The summed E-state index contributed by atoms with van der Waals surface area (Å²) in [5, 5.41) is 0.848. The summed E-state index contributed by atoms with van der Waals surface area (Å²) < 4.78 is 0. The molecular weight excluding hydrogens is 236 g/mol. The van der Waals surface area contributed by atoms with Crippen LogP contribution in [0.15, 0.2) is 18.2 Å². The molecule has 0 bridgehead atoms. The van der Waals surface area contributed by atoms with Gasteiger partial charge in [0.1, 0.15) is 0 Å². The summed E-state index contributed by atoms with van der Waals surface area (Å²) in [6.45, 7) is 1.59. The molecule has 12 heavy (non-hydrogen) atoms. The van der Waals surface area contributed by atoms with Gasteiger partial charge in [-0.05, 0) is 25.1 Å². The van der Waals surface area contributed by atoms with Gasteiger partial charge in [0.25, 0.3) is 0 Å². The fraction of sp³-hybridized carbons (Fsp3) is 0.222. The van der Waals surface area contributed by atoms with Crippen LogP contribution in [0, 0.1) is 0 Å². The highest BCUT2D eigenvalue weighted by atomic mass is 79.9. The van der Waals surface area contributed by atoms with E-state index < -0.39 is 0 Å². The van der Waals surface area contributed by atoms with Crippen LogP contribution in [0.1, 0.15) is 21.5 Å². The molecule has 0 aliphatic heterocycles. The van der Waals surface area contributed by atoms with Crippen molar-refractivity contribution in [1.29, 1.82) is 0 Å². The van der Waals surface area contributed by atoms with Crippen LogP contribution in [-0.4, -0.2) is 11.1 Å². The van der Waals surface area contributed by atoms with Crippen molar-refractivity contribution in [3.05, 3.63) is 28.0 Å². The SMILES string of the molecule is CC(=O)c1ccc(C=CCBr)s1. The monoisotopic (exact) mass is 244 g/mol. The third-order valence-electron chi connectivity index (χ3n) is 1.34. The van der Waals surface area contributed by atoms with Gasteiger partial charge in [0, 0.05) is 10.2 Å². The summed E-state index contributed by atoms with van der Waals surface area (Å²) in [6.07, 6.45) is 4.02. The predicted octanol–water partition coefficient (Wildman–Crippen LogP) is 3.36. The molecule has 0 spiro atoms. The third-order valence-corrected chi connectivity index (χ3v) is 2.87. The summed E-state index contributed by atoms with van der Waals surface area (Å²) in [6, 6.07) is 3.82. The molecular formula is C9H9BrOS. The van der Waals surface area contributed by atoms with Gasteiger partial charge in [-0.1, -0.05) is 22.0 Å². The van der Waals surface area contributed by atoms with Crippen molar-refractivity contribution in [3.63, 3.8) is 0 Å². The van der Waals surface area contributed by atoms with Crippen LogP contribution in [0.25, 0.3) is 6.08 Å². The summed E-state index contributed by atoms with van der Waals surface area (Å²) in [4.78, 5) is 12.9. The first kappa shape index (κ1) is 9.68. The molecule has 0 saturated carbocycles. The number of thiophene rings is 1. The molecule has 0 N–H and O–H groups in total. The highest BCUT2D eigenvalue weighted by Crippen LogP contribution is 2.18. The fourth-order valence-electron chi connectivity index (χ4n) is 0.792. The van der Waals surface area contributed by atoms with Crippen LogP contribution in [0.5, 0.6) is 0 Å². The molecule has 1 aromatic heterocycles. The molecule has 1 nitrogen and oxygen atoms in total. The van der Waals surface area contributed by atoms with Crippen molar-refractivity contribution in [1.82, 2.24) is 0 Å². The van der Waals surface area contributed by atoms with Crippen LogP contribution < -0.4 is 0 Å². The van der Waals surface area contributed by atoms with Crippen molar-refractivity contribution in [3.8, 4) is 0 Å². The molecule has 0 radical (unpaired) electrons. The van der Waals surface area contributed by atoms with Gasteiger partial charge in [-0.2, -0.15) is 0 Å². The molecule has 0 amide bonds. The summed E-state index contributed by atoms with van der Waals surface area (Å²) in [5.41, 5.74) is 0. The Kier molecular flexibility index (Phi) is 3.69. The number of halogens is 1. The molecule has 0 saturated heterocycles. The van der Waals surface area contributed by atoms with Gasteiger partial charge in [0.2, 0.25) is 0 Å². The Balaban J connectivity index is 2.77. The number of alkyl halides is 1. The first-order valence-corrected chi connectivity index (χ1v) is 5.51. The van der Waals surface area contributed by atoms with Crippen LogP contribution >= 0.6 is 27.3 Å². The van der Waals surface area contributed by atoms with Crippen LogP contribution in [0.2, 0.25) is 0 Å². The summed E-state index contributed by atoms with van der Waals surface area (Å²) >= 11 is 4.82. The molecule has 0 atom stereocenters. The Hall–Kier alpha value is -0.410. The van der Waals surface area contributed by atoms with E-state index in [4.69, 9.17) is 0 Å². The lowest BCUT2D eigenvalue weighted by molar-refractivity contribution is 0.102. The lowest BCUT2D eigenvalue weighted by Crippen LogP contribution is -1.83. The molecule has 64 valence electrons. The van der Waals surface area contributed by atoms with Gasteiger partial charge in [-0.15, -0.1) is 11.3 Å². The first-order chi connectivity index (χ1) is 5.74. The number of carbonyl (C=O) groups is 1. The Morgan fingerprint density at radius 3 is 2.92 bits per heavy atom. The van der Waals surface area contributed by atoms with E-state index in [1.807, 2.05) is 24.3 Å². The summed E-state index contributed by atoms with van der Waals surface area (Å²) in [7, 11) is 0. The van der Waals surface area contributed by atoms with Crippen molar-refractivity contribution < 1.29 is 4.79 Å². The van der Waals surface area contributed by atoms with E-state index in [1.54, 1.807) is 6.92 Å². The zero-order valence-corrected chi connectivity index (χ0v) is 9.11. The average molecular weight is 245 g/mol. The minimum absolute atomic E-state index is 0.137. The molecule has 1 aromatic rings. The van der Waals surface area contributed by atoms with E-state index in [0.29, 0.717) is 0 Å². The molecule has 3 heteroatoms. The number of hydrogen-bond acceptors (Lipinski definition) is 2. The third kappa shape index (κ3) is 2.57. The van der Waals surface area contributed by atoms with E-state index >= 15 is 0 Å². The standard InChI is InChI=1S/C9H9BrOS/c1-7(11)9-5-4-8(12-9)3-2-6-10/h2-5H,6H2,1H3. The van der Waals surface area contributed by atoms with Gasteiger partial charge >= 0.3 is 0 Å². The van der Waals surface area contributed by atoms with E-state index in [2.05, 4.69) is 15.9 Å². The fourth-order valence-corrected chi connectivity index (χ4v) is 1.81. The lowest BCUT2D eigenvalue weighted by atomic mass is 10.3. The van der Waals surface area contributed by atoms with Crippen LogP contribution in [-0.2, 0) is 0 Å². The number of hydrogen-bond donors (Lipinski definition) is 0. The highest BCUT2D eigenvalue weighted by Gasteiger charge is 2.00. The zero-order chi connectivity index (χ0) is 8.97. The maximum Gasteiger partial charge on any atom is 0.169 e. The van der Waals surface area contributed by atoms with Gasteiger partial charge in [0.15, 0.2) is 5.78 Å². The highest BCUT2D eigenvalue weighted by molar-refractivity contribution is 9.09. The molecule has 0 aliphatic rings. The van der Waals surface area contributed by atoms with E-state index in [9.17, 15) is 4.79 Å².